The Kier molecular flexibility index (Phi) is 4.26. The number of rotatable bonds is 5. The molecule has 0 bridgehead atoms. The zero-order valence-electron chi connectivity index (χ0n) is 13.0. The van der Waals surface area contributed by atoms with E-state index in [4.69, 9.17) is 10.5 Å². The Labute approximate surface area is 141 Å². The third kappa shape index (κ3) is 2.98. The van der Waals surface area contributed by atoms with E-state index < -0.39 is 11.2 Å². The molecule has 0 aliphatic carbocycles. The number of nitrogens with two attached hydrogens (primary N) is 1. The lowest BCUT2D eigenvalue weighted by Crippen LogP contribution is -2.23. The van der Waals surface area contributed by atoms with Crippen LogP contribution >= 0.6 is 11.8 Å². The van der Waals surface area contributed by atoms with Crippen molar-refractivity contribution >= 4 is 28.7 Å². The Hall–Kier alpha value is -2.81. The maximum Gasteiger partial charge on any atom is 0.262 e. The van der Waals surface area contributed by atoms with Crippen LogP contribution in [0.4, 0.5) is 0 Å². The number of carbonyl (C=O) groups is 1. The van der Waals surface area contributed by atoms with Gasteiger partial charge in [-0.05, 0) is 19.1 Å². The van der Waals surface area contributed by atoms with Gasteiger partial charge in [-0.2, -0.15) is 5.10 Å². The number of carbonyl (C=O) groups excluding carboxylic acids is 1. The fraction of sp³-hybridized carbons (Fsp3) is 0.200. The average Bonchev–Trinajstić information content (AvgIpc) is 2.99. The molecule has 8 nitrogen and oxygen atoms in total. The summed E-state index contributed by atoms with van der Waals surface area (Å²) < 4.78 is 6.75. The SMILES string of the molecule is COc1cccc(-n2ncc3c(=O)[nH]c(SC(C)C(N)=O)nc32)c1. The number of primary amides is 1. The number of aromatic nitrogens is 4. The number of hydrogen-bond donors (Lipinski definition) is 2. The Morgan fingerprint density at radius 1 is 1.46 bits per heavy atom. The van der Waals surface area contributed by atoms with Crippen molar-refractivity contribution in [3.05, 3.63) is 40.8 Å². The second-order valence-electron chi connectivity index (χ2n) is 5.03. The van der Waals surface area contributed by atoms with Crippen molar-refractivity contribution in [2.75, 3.05) is 7.11 Å². The normalized spacial score (nSPS) is 12.2. The molecule has 1 unspecified atom stereocenters. The zero-order valence-corrected chi connectivity index (χ0v) is 13.8. The van der Waals surface area contributed by atoms with Gasteiger partial charge in [0.25, 0.3) is 5.56 Å². The molecule has 24 heavy (non-hydrogen) atoms. The summed E-state index contributed by atoms with van der Waals surface area (Å²) in [6.07, 6.45) is 1.45. The molecule has 9 heteroatoms. The fourth-order valence-electron chi connectivity index (χ4n) is 2.11. The van der Waals surface area contributed by atoms with Crippen LogP contribution in [0.1, 0.15) is 6.92 Å². The molecule has 3 N–H and O–H groups in total. The van der Waals surface area contributed by atoms with Gasteiger partial charge in [-0.1, -0.05) is 17.8 Å². The lowest BCUT2D eigenvalue weighted by molar-refractivity contribution is -0.117. The van der Waals surface area contributed by atoms with E-state index in [1.54, 1.807) is 24.8 Å². The molecular weight excluding hydrogens is 330 g/mol. The molecule has 1 aromatic carbocycles. The Bertz CT molecular complexity index is 965. The van der Waals surface area contributed by atoms with Gasteiger partial charge in [0.15, 0.2) is 10.8 Å². The number of amides is 1. The second-order valence-corrected chi connectivity index (χ2v) is 6.36. The van der Waals surface area contributed by atoms with Gasteiger partial charge in [-0.25, -0.2) is 9.67 Å². The third-order valence-corrected chi connectivity index (χ3v) is 4.41. The van der Waals surface area contributed by atoms with Crippen molar-refractivity contribution in [1.82, 2.24) is 19.7 Å². The fourth-order valence-corrected chi connectivity index (χ4v) is 2.85. The predicted octanol–water partition coefficient (Wildman–Crippen LogP) is 1.08. The van der Waals surface area contributed by atoms with Gasteiger partial charge in [-0.15, -0.1) is 0 Å². The lowest BCUT2D eigenvalue weighted by Gasteiger charge is -2.08. The summed E-state index contributed by atoms with van der Waals surface area (Å²) in [7, 11) is 1.57. The Morgan fingerprint density at radius 3 is 2.96 bits per heavy atom. The summed E-state index contributed by atoms with van der Waals surface area (Å²) in [5.74, 6) is 0.182. The van der Waals surface area contributed by atoms with Crippen LogP contribution in [0.15, 0.2) is 40.4 Å². The van der Waals surface area contributed by atoms with Crippen LogP contribution < -0.4 is 16.0 Å². The highest BCUT2D eigenvalue weighted by Gasteiger charge is 2.16. The van der Waals surface area contributed by atoms with E-state index in [9.17, 15) is 9.59 Å². The number of nitrogens with one attached hydrogen (secondary N) is 1. The number of methoxy groups -OCH3 is 1. The van der Waals surface area contributed by atoms with Crippen LogP contribution in [0.3, 0.4) is 0 Å². The number of benzene rings is 1. The summed E-state index contributed by atoms with van der Waals surface area (Å²) in [6.45, 7) is 1.65. The molecule has 124 valence electrons. The molecule has 0 radical (unpaired) electrons. The Balaban J connectivity index is 2.11. The first-order valence-corrected chi connectivity index (χ1v) is 7.96. The predicted molar refractivity (Wildman–Crippen MR) is 90.6 cm³/mol. The molecule has 3 aromatic rings. The van der Waals surface area contributed by atoms with Crippen molar-refractivity contribution in [1.29, 1.82) is 0 Å². The number of hydrogen-bond acceptors (Lipinski definition) is 6. The number of fused-ring (bicyclic) bond motifs is 1. The second kappa shape index (κ2) is 6.36. The van der Waals surface area contributed by atoms with Crippen LogP contribution in [-0.4, -0.2) is 38.0 Å². The molecule has 0 aliphatic heterocycles. The summed E-state index contributed by atoms with van der Waals surface area (Å²) >= 11 is 1.09. The minimum absolute atomic E-state index is 0.309. The molecule has 1 atom stereocenters. The quantitative estimate of drug-likeness (QED) is 0.528. The van der Waals surface area contributed by atoms with E-state index >= 15 is 0 Å². The summed E-state index contributed by atoms with van der Waals surface area (Å²) in [4.78, 5) is 30.5. The van der Waals surface area contributed by atoms with Crippen molar-refractivity contribution in [2.24, 2.45) is 5.73 Å². The van der Waals surface area contributed by atoms with Gasteiger partial charge in [0.05, 0.1) is 24.2 Å². The van der Waals surface area contributed by atoms with Crippen molar-refractivity contribution in [2.45, 2.75) is 17.3 Å². The minimum atomic E-state index is -0.515. The van der Waals surface area contributed by atoms with E-state index in [1.807, 2.05) is 18.2 Å². The first-order valence-electron chi connectivity index (χ1n) is 7.08. The smallest absolute Gasteiger partial charge is 0.262 e. The average molecular weight is 345 g/mol. The topological polar surface area (TPSA) is 116 Å². The molecular formula is C15H15N5O3S. The van der Waals surface area contributed by atoms with Gasteiger partial charge < -0.3 is 15.5 Å². The maximum atomic E-state index is 12.2. The molecule has 0 fully saturated rings. The van der Waals surface area contributed by atoms with Gasteiger partial charge >= 0.3 is 0 Å². The van der Waals surface area contributed by atoms with E-state index in [0.29, 0.717) is 27.6 Å². The maximum absolute atomic E-state index is 12.2. The number of thioether (sulfide) groups is 1. The van der Waals surface area contributed by atoms with E-state index in [0.717, 1.165) is 11.8 Å². The third-order valence-electron chi connectivity index (χ3n) is 3.40. The first-order chi connectivity index (χ1) is 11.5. The van der Waals surface area contributed by atoms with Gasteiger partial charge in [0, 0.05) is 6.07 Å². The number of nitrogens with zero attached hydrogens (tertiary/aromatic N) is 3. The van der Waals surface area contributed by atoms with Gasteiger partial charge in [0.1, 0.15) is 11.1 Å². The lowest BCUT2D eigenvalue weighted by atomic mass is 10.3. The van der Waals surface area contributed by atoms with Gasteiger partial charge in [-0.3, -0.25) is 9.59 Å². The van der Waals surface area contributed by atoms with Crippen molar-refractivity contribution in [3.63, 3.8) is 0 Å². The molecule has 0 aliphatic rings. The van der Waals surface area contributed by atoms with Crippen molar-refractivity contribution in [3.8, 4) is 11.4 Å². The minimum Gasteiger partial charge on any atom is -0.497 e. The number of ether oxygens (including phenoxy) is 1. The number of H-pyrrole nitrogens is 1. The Morgan fingerprint density at radius 2 is 2.25 bits per heavy atom. The highest BCUT2D eigenvalue weighted by Crippen LogP contribution is 2.22. The first kappa shape index (κ1) is 16.1. The van der Waals surface area contributed by atoms with E-state index in [-0.39, 0.29) is 5.56 Å². The molecule has 2 heterocycles. The standard InChI is InChI=1S/C15H15N5O3S/c1-8(12(16)21)24-15-18-13-11(14(22)19-15)7-17-20(13)9-4-3-5-10(6-9)23-2/h3-8H,1-2H3,(H2,16,21)(H,18,19,22). The zero-order chi connectivity index (χ0) is 17.3. The molecule has 2 aromatic heterocycles. The largest absolute Gasteiger partial charge is 0.497 e. The molecule has 0 saturated heterocycles. The highest BCUT2D eigenvalue weighted by atomic mass is 32.2. The molecule has 3 rings (SSSR count). The van der Waals surface area contributed by atoms with Crippen molar-refractivity contribution < 1.29 is 9.53 Å². The van der Waals surface area contributed by atoms with E-state index in [2.05, 4.69) is 15.1 Å². The summed E-state index contributed by atoms with van der Waals surface area (Å²) in [6, 6.07) is 7.25. The van der Waals surface area contributed by atoms with E-state index in [1.165, 1.54) is 6.20 Å². The van der Waals surface area contributed by atoms with Crippen LogP contribution in [0.25, 0.3) is 16.7 Å². The van der Waals surface area contributed by atoms with Crippen LogP contribution in [0, 0.1) is 0 Å². The van der Waals surface area contributed by atoms with Crippen LogP contribution in [0.2, 0.25) is 0 Å². The summed E-state index contributed by atoms with van der Waals surface area (Å²) in [5, 5.41) is 4.38. The molecule has 1 amide bonds. The van der Waals surface area contributed by atoms with Gasteiger partial charge in [0.2, 0.25) is 5.91 Å². The molecule has 0 spiro atoms. The van der Waals surface area contributed by atoms with Crippen LogP contribution in [-0.2, 0) is 4.79 Å². The highest BCUT2D eigenvalue weighted by molar-refractivity contribution is 8.00. The molecule has 0 saturated carbocycles. The summed E-state index contributed by atoms with van der Waals surface area (Å²) in [5.41, 5.74) is 6.03. The number of aromatic amines is 1. The monoisotopic (exact) mass is 345 g/mol. The van der Waals surface area contributed by atoms with Crippen LogP contribution in [0.5, 0.6) is 5.75 Å².